The average Bonchev–Trinajstić information content (AvgIpc) is 3.00. The summed E-state index contributed by atoms with van der Waals surface area (Å²) in [5, 5.41) is 3.61. The first-order valence-corrected chi connectivity index (χ1v) is 8.09. The molecule has 1 atom stereocenters. The van der Waals surface area contributed by atoms with E-state index in [0.29, 0.717) is 0 Å². The molecule has 1 N–H and O–H groups in total. The predicted octanol–water partition coefficient (Wildman–Crippen LogP) is 3.04. The minimum atomic E-state index is 0.798. The van der Waals surface area contributed by atoms with Crippen LogP contribution in [0.2, 0.25) is 0 Å². The van der Waals surface area contributed by atoms with E-state index in [0.717, 1.165) is 12.5 Å². The van der Waals surface area contributed by atoms with E-state index in [-0.39, 0.29) is 0 Å². The lowest BCUT2D eigenvalue weighted by atomic mass is 9.98. The Morgan fingerprint density at radius 3 is 2.50 bits per heavy atom. The maximum absolute atomic E-state index is 3.61. The zero-order valence-corrected chi connectivity index (χ0v) is 12.6. The monoisotopic (exact) mass is 273 g/mol. The van der Waals surface area contributed by atoms with Crippen LogP contribution < -0.4 is 10.2 Å². The molecule has 2 aliphatic heterocycles. The Morgan fingerprint density at radius 2 is 1.80 bits per heavy atom. The molecule has 0 aliphatic carbocycles. The summed E-state index contributed by atoms with van der Waals surface area (Å²) in [6, 6.07) is 9.00. The van der Waals surface area contributed by atoms with Crippen LogP contribution in [0.3, 0.4) is 0 Å². The van der Waals surface area contributed by atoms with Gasteiger partial charge in [-0.1, -0.05) is 0 Å². The van der Waals surface area contributed by atoms with Gasteiger partial charge in [0.25, 0.3) is 0 Å². The highest BCUT2D eigenvalue weighted by Gasteiger charge is 2.16. The summed E-state index contributed by atoms with van der Waals surface area (Å²) in [6.07, 6.45) is 5.39. The van der Waals surface area contributed by atoms with Crippen LogP contribution in [0.1, 0.15) is 25.7 Å². The van der Waals surface area contributed by atoms with Gasteiger partial charge >= 0.3 is 0 Å². The molecule has 0 saturated carbocycles. The van der Waals surface area contributed by atoms with Crippen molar-refractivity contribution in [2.45, 2.75) is 25.7 Å². The van der Waals surface area contributed by atoms with E-state index in [9.17, 15) is 0 Å². The Kier molecular flexibility index (Phi) is 4.46. The van der Waals surface area contributed by atoms with Crippen molar-refractivity contribution in [3.8, 4) is 0 Å². The summed E-state index contributed by atoms with van der Waals surface area (Å²) >= 11 is 0. The molecule has 0 radical (unpaired) electrons. The van der Waals surface area contributed by atoms with Crippen molar-refractivity contribution in [1.82, 2.24) is 4.90 Å². The van der Waals surface area contributed by atoms with Gasteiger partial charge in [0.05, 0.1) is 0 Å². The Balaban J connectivity index is 1.50. The highest BCUT2D eigenvalue weighted by molar-refractivity contribution is 5.55. The van der Waals surface area contributed by atoms with Crippen molar-refractivity contribution in [1.29, 1.82) is 0 Å². The maximum Gasteiger partial charge on any atom is 0.0367 e. The molecule has 3 heteroatoms. The number of nitrogens with zero attached hydrogens (tertiary/aromatic N) is 2. The summed E-state index contributed by atoms with van der Waals surface area (Å²) in [6.45, 7) is 6.05. The highest BCUT2D eigenvalue weighted by Crippen LogP contribution is 2.22. The van der Waals surface area contributed by atoms with E-state index in [4.69, 9.17) is 0 Å². The normalized spacial score (nSPS) is 24.1. The van der Waals surface area contributed by atoms with Gasteiger partial charge < -0.3 is 15.1 Å². The van der Waals surface area contributed by atoms with E-state index in [1.807, 2.05) is 0 Å². The largest absolute Gasteiger partial charge is 0.385 e. The second-order valence-electron chi connectivity index (χ2n) is 6.39. The predicted molar refractivity (Wildman–Crippen MR) is 86.6 cm³/mol. The fourth-order valence-corrected chi connectivity index (χ4v) is 3.47. The van der Waals surface area contributed by atoms with Crippen LogP contribution in [0, 0.1) is 5.92 Å². The van der Waals surface area contributed by atoms with Crippen LogP contribution in [0.5, 0.6) is 0 Å². The van der Waals surface area contributed by atoms with Gasteiger partial charge in [-0.2, -0.15) is 0 Å². The SMILES string of the molecule is CN1CCCC(CNc2ccc(N3CCCC3)cc2)C1. The van der Waals surface area contributed by atoms with Crippen LogP contribution in [0.4, 0.5) is 11.4 Å². The number of nitrogens with one attached hydrogen (secondary N) is 1. The number of piperidine rings is 1. The molecular weight excluding hydrogens is 246 g/mol. The third-order valence-electron chi connectivity index (χ3n) is 4.66. The molecular formula is C17H27N3. The summed E-state index contributed by atoms with van der Waals surface area (Å²) < 4.78 is 0. The lowest BCUT2D eigenvalue weighted by molar-refractivity contribution is 0.217. The van der Waals surface area contributed by atoms with E-state index < -0.39 is 0 Å². The van der Waals surface area contributed by atoms with Crippen LogP contribution >= 0.6 is 0 Å². The number of rotatable bonds is 4. The van der Waals surface area contributed by atoms with Crippen LogP contribution in [0.25, 0.3) is 0 Å². The first-order chi connectivity index (χ1) is 9.81. The standard InChI is InChI=1S/C17H27N3/c1-19-10-4-5-15(14-19)13-18-16-6-8-17(9-7-16)20-11-2-3-12-20/h6-9,15,18H,2-5,10-14H2,1H3. The number of hydrogen-bond donors (Lipinski definition) is 1. The van der Waals surface area contributed by atoms with Crippen molar-refractivity contribution < 1.29 is 0 Å². The Hall–Kier alpha value is -1.22. The van der Waals surface area contributed by atoms with Gasteiger partial charge in [-0.3, -0.25) is 0 Å². The van der Waals surface area contributed by atoms with Crippen LogP contribution in [0.15, 0.2) is 24.3 Å². The molecule has 20 heavy (non-hydrogen) atoms. The summed E-state index contributed by atoms with van der Waals surface area (Å²) in [5.74, 6) is 0.798. The molecule has 3 rings (SSSR count). The molecule has 1 unspecified atom stereocenters. The second-order valence-corrected chi connectivity index (χ2v) is 6.39. The summed E-state index contributed by atoms with van der Waals surface area (Å²) in [4.78, 5) is 4.94. The minimum Gasteiger partial charge on any atom is -0.385 e. The molecule has 2 aliphatic rings. The third-order valence-corrected chi connectivity index (χ3v) is 4.66. The molecule has 1 aromatic rings. The molecule has 0 bridgehead atoms. The molecule has 0 amide bonds. The third kappa shape index (κ3) is 3.45. The van der Waals surface area contributed by atoms with Gasteiger partial charge in [0.1, 0.15) is 0 Å². The molecule has 1 aromatic carbocycles. The zero-order chi connectivity index (χ0) is 13.8. The van der Waals surface area contributed by atoms with Gasteiger partial charge in [0.15, 0.2) is 0 Å². The van der Waals surface area contributed by atoms with E-state index >= 15 is 0 Å². The van der Waals surface area contributed by atoms with Crippen molar-refractivity contribution in [3.63, 3.8) is 0 Å². The molecule has 3 nitrogen and oxygen atoms in total. The van der Waals surface area contributed by atoms with Crippen molar-refractivity contribution in [2.24, 2.45) is 5.92 Å². The smallest absolute Gasteiger partial charge is 0.0367 e. The van der Waals surface area contributed by atoms with Gasteiger partial charge in [-0.15, -0.1) is 0 Å². The van der Waals surface area contributed by atoms with Crippen molar-refractivity contribution >= 4 is 11.4 Å². The average molecular weight is 273 g/mol. The number of likely N-dealkylation sites (tertiary alicyclic amines) is 1. The Bertz CT molecular complexity index is 409. The summed E-state index contributed by atoms with van der Waals surface area (Å²) in [5.41, 5.74) is 2.65. The molecule has 2 saturated heterocycles. The first-order valence-electron chi connectivity index (χ1n) is 8.09. The Labute approximate surface area is 123 Å². The van der Waals surface area contributed by atoms with Gasteiger partial charge in [0, 0.05) is 37.6 Å². The van der Waals surface area contributed by atoms with Crippen LogP contribution in [-0.2, 0) is 0 Å². The highest BCUT2D eigenvalue weighted by atomic mass is 15.1. The minimum absolute atomic E-state index is 0.798. The van der Waals surface area contributed by atoms with Gasteiger partial charge in [-0.25, -0.2) is 0 Å². The Morgan fingerprint density at radius 1 is 1.05 bits per heavy atom. The second kappa shape index (κ2) is 6.49. The fraction of sp³-hybridized carbons (Fsp3) is 0.647. The van der Waals surface area contributed by atoms with Crippen LogP contribution in [-0.4, -0.2) is 44.7 Å². The van der Waals surface area contributed by atoms with E-state index in [2.05, 4.69) is 46.4 Å². The molecule has 110 valence electrons. The molecule has 2 heterocycles. The number of anilines is 2. The zero-order valence-electron chi connectivity index (χ0n) is 12.6. The molecule has 2 fully saturated rings. The quantitative estimate of drug-likeness (QED) is 0.909. The van der Waals surface area contributed by atoms with Gasteiger partial charge in [0.2, 0.25) is 0 Å². The van der Waals surface area contributed by atoms with Gasteiger partial charge in [-0.05, 0) is 69.5 Å². The summed E-state index contributed by atoms with van der Waals surface area (Å²) in [7, 11) is 2.23. The van der Waals surface area contributed by atoms with E-state index in [1.165, 1.54) is 63.2 Å². The molecule has 0 spiro atoms. The van der Waals surface area contributed by atoms with Crippen molar-refractivity contribution in [3.05, 3.63) is 24.3 Å². The fourth-order valence-electron chi connectivity index (χ4n) is 3.47. The van der Waals surface area contributed by atoms with E-state index in [1.54, 1.807) is 0 Å². The first kappa shape index (κ1) is 13.7. The maximum atomic E-state index is 3.61. The lowest BCUT2D eigenvalue weighted by Gasteiger charge is -2.30. The molecule has 0 aromatic heterocycles. The number of hydrogen-bond acceptors (Lipinski definition) is 3. The topological polar surface area (TPSA) is 18.5 Å². The number of benzene rings is 1. The van der Waals surface area contributed by atoms with Crippen molar-refractivity contribution in [2.75, 3.05) is 50.0 Å². The lowest BCUT2D eigenvalue weighted by Crippen LogP contribution is -2.35.